The fraction of sp³-hybridized carbons (Fsp3) is 0.500. The number of nitrogens with one attached hydrogen (secondary N) is 1. The van der Waals surface area contributed by atoms with E-state index in [4.69, 9.17) is 11.6 Å². The zero-order valence-corrected chi connectivity index (χ0v) is 8.59. The molecule has 0 atom stereocenters. The number of hydrogen-bond donors (Lipinski definition) is 2. The highest BCUT2D eigenvalue weighted by Gasteiger charge is 2.34. The van der Waals surface area contributed by atoms with E-state index in [0.717, 1.165) is 19.3 Å². The number of anilines is 1. The van der Waals surface area contributed by atoms with E-state index in [1.165, 1.54) is 0 Å². The first kappa shape index (κ1) is 9.74. The Morgan fingerprint density at radius 2 is 2.36 bits per heavy atom. The molecule has 0 spiro atoms. The highest BCUT2D eigenvalue weighted by atomic mass is 35.5. The highest BCUT2D eigenvalue weighted by Crippen LogP contribution is 2.32. The molecule has 0 unspecified atom stereocenters. The molecule has 76 valence electrons. The van der Waals surface area contributed by atoms with E-state index in [1.807, 2.05) is 0 Å². The van der Waals surface area contributed by atoms with Crippen LogP contribution in [0, 0.1) is 0 Å². The van der Waals surface area contributed by atoms with Crippen molar-refractivity contribution in [3.8, 4) is 0 Å². The second kappa shape index (κ2) is 3.75. The van der Waals surface area contributed by atoms with Crippen molar-refractivity contribution in [3.63, 3.8) is 0 Å². The third kappa shape index (κ3) is 1.99. The minimum Gasteiger partial charge on any atom is -0.388 e. The third-order valence-electron chi connectivity index (χ3n) is 2.63. The van der Waals surface area contributed by atoms with E-state index in [0.29, 0.717) is 17.4 Å². The van der Waals surface area contributed by atoms with Crippen LogP contribution >= 0.6 is 11.6 Å². The summed E-state index contributed by atoms with van der Waals surface area (Å²) in [7, 11) is 0. The van der Waals surface area contributed by atoms with Crippen molar-refractivity contribution < 1.29 is 5.11 Å². The van der Waals surface area contributed by atoms with E-state index in [1.54, 1.807) is 18.3 Å². The lowest BCUT2D eigenvalue weighted by Gasteiger charge is -2.36. The Labute approximate surface area is 88.1 Å². The number of hydrogen-bond acceptors (Lipinski definition) is 3. The average Bonchev–Trinajstić information content (AvgIpc) is 2.14. The van der Waals surface area contributed by atoms with Crippen LogP contribution in [-0.4, -0.2) is 22.2 Å². The molecule has 1 saturated carbocycles. The molecule has 0 bridgehead atoms. The highest BCUT2D eigenvalue weighted by molar-refractivity contribution is 6.32. The summed E-state index contributed by atoms with van der Waals surface area (Å²) in [6.07, 6.45) is 4.52. The lowest BCUT2D eigenvalue weighted by molar-refractivity contribution is -0.0202. The molecule has 0 amide bonds. The van der Waals surface area contributed by atoms with E-state index in [-0.39, 0.29) is 0 Å². The van der Waals surface area contributed by atoms with Crippen LogP contribution in [-0.2, 0) is 0 Å². The van der Waals surface area contributed by atoms with Crippen LogP contribution in [0.5, 0.6) is 0 Å². The Hall–Kier alpha value is -0.800. The largest absolute Gasteiger partial charge is 0.388 e. The molecule has 1 heterocycles. The number of halogens is 1. The smallest absolute Gasteiger partial charge is 0.144 e. The summed E-state index contributed by atoms with van der Waals surface area (Å²) in [5.41, 5.74) is -0.541. The molecule has 4 heteroatoms. The molecule has 0 radical (unpaired) electrons. The van der Waals surface area contributed by atoms with Gasteiger partial charge in [0, 0.05) is 12.7 Å². The molecule has 2 N–H and O–H groups in total. The van der Waals surface area contributed by atoms with Crippen molar-refractivity contribution in [2.75, 3.05) is 11.9 Å². The van der Waals surface area contributed by atoms with Gasteiger partial charge in [-0.3, -0.25) is 0 Å². The summed E-state index contributed by atoms with van der Waals surface area (Å²) >= 11 is 5.91. The molecular weight excluding hydrogens is 200 g/mol. The van der Waals surface area contributed by atoms with Gasteiger partial charge in [0.25, 0.3) is 0 Å². The lowest BCUT2D eigenvalue weighted by Crippen LogP contribution is -2.43. The van der Waals surface area contributed by atoms with Crippen LogP contribution in [0.4, 0.5) is 5.82 Å². The lowest BCUT2D eigenvalue weighted by atomic mass is 9.80. The normalized spacial score (nSPS) is 18.7. The van der Waals surface area contributed by atoms with Gasteiger partial charge >= 0.3 is 0 Å². The van der Waals surface area contributed by atoms with Gasteiger partial charge in [-0.2, -0.15) is 0 Å². The first-order chi connectivity index (χ1) is 6.70. The molecule has 1 fully saturated rings. The maximum absolute atomic E-state index is 9.83. The molecule has 3 nitrogen and oxygen atoms in total. The molecular formula is C10H13ClN2O. The average molecular weight is 213 g/mol. The summed E-state index contributed by atoms with van der Waals surface area (Å²) in [5, 5.41) is 13.5. The van der Waals surface area contributed by atoms with Crippen LogP contribution < -0.4 is 5.32 Å². The van der Waals surface area contributed by atoms with Gasteiger partial charge in [0.2, 0.25) is 0 Å². The SMILES string of the molecule is OC1(CNc2ncccc2Cl)CCC1. The number of pyridine rings is 1. The number of aromatic nitrogens is 1. The van der Waals surface area contributed by atoms with E-state index in [2.05, 4.69) is 10.3 Å². The van der Waals surface area contributed by atoms with Gasteiger partial charge in [0.15, 0.2) is 0 Å². The fourth-order valence-electron chi connectivity index (χ4n) is 1.53. The van der Waals surface area contributed by atoms with Crippen molar-refractivity contribution in [1.29, 1.82) is 0 Å². The summed E-state index contributed by atoms with van der Waals surface area (Å²) in [6, 6.07) is 3.56. The van der Waals surface area contributed by atoms with Crippen LogP contribution in [0.3, 0.4) is 0 Å². The monoisotopic (exact) mass is 212 g/mol. The molecule has 1 aromatic rings. The minimum atomic E-state index is -0.541. The van der Waals surface area contributed by atoms with Gasteiger partial charge in [0.05, 0.1) is 10.6 Å². The standard InChI is InChI=1S/C10H13ClN2O/c11-8-3-1-6-12-9(8)13-7-10(14)4-2-5-10/h1,3,6,14H,2,4-5,7H2,(H,12,13). The third-order valence-corrected chi connectivity index (χ3v) is 2.93. The van der Waals surface area contributed by atoms with Gasteiger partial charge in [-0.1, -0.05) is 11.6 Å². The summed E-state index contributed by atoms with van der Waals surface area (Å²) in [4.78, 5) is 4.09. The summed E-state index contributed by atoms with van der Waals surface area (Å²) in [6.45, 7) is 0.531. The maximum Gasteiger partial charge on any atom is 0.144 e. The van der Waals surface area contributed by atoms with Gasteiger partial charge in [-0.25, -0.2) is 4.98 Å². The molecule has 0 saturated heterocycles. The number of nitrogens with zero attached hydrogens (tertiary/aromatic N) is 1. The molecule has 1 aliphatic rings. The van der Waals surface area contributed by atoms with Gasteiger partial charge < -0.3 is 10.4 Å². The predicted octanol–water partition coefficient (Wildman–Crippen LogP) is 2.06. The maximum atomic E-state index is 9.83. The topological polar surface area (TPSA) is 45.1 Å². The van der Waals surface area contributed by atoms with Crippen molar-refractivity contribution in [3.05, 3.63) is 23.4 Å². The number of aliphatic hydroxyl groups is 1. The number of rotatable bonds is 3. The van der Waals surface area contributed by atoms with Crippen LogP contribution in [0.15, 0.2) is 18.3 Å². The summed E-state index contributed by atoms with van der Waals surface area (Å²) < 4.78 is 0. The Bertz CT molecular complexity index is 326. The second-order valence-electron chi connectivity index (χ2n) is 3.77. The Kier molecular flexibility index (Phi) is 2.61. The van der Waals surface area contributed by atoms with Crippen LogP contribution in [0.1, 0.15) is 19.3 Å². The molecule has 2 rings (SSSR count). The van der Waals surface area contributed by atoms with Crippen molar-refractivity contribution >= 4 is 17.4 Å². The summed E-state index contributed by atoms with van der Waals surface area (Å²) in [5.74, 6) is 0.648. The van der Waals surface area contributed by atoms with Crippen molar-refractivity contribution in [1.82, 2.24) is 4.98 Å². The fourth-order valence-corrected chi connectivity index (χ4v) is 1.71. The first-order valence-electron chi connectivity index (χ1n) is 4.76. The zero-order chi connectivity index (χ0) is 10.0. The predicted molar refractivity (Wildman–Crippen MR) is 56.5 cm³/mol. The molecule has 0 aromatic carbocycles. The zero-order valence-electron chi connectivity index (χ0n) is 7.83. The van der Waals surface area contributed by atoms with E-state index in [9.17, 15) is 5.11 Å². The first-order valence-corrected chi connectivity index (χ1v) is 5.14. The van der Waals surface area contributed by atoms with Crippen LogP contribution in [0.25, 0.3) is 0 Å². The van der Waals surface area contributed by atoms with Crippen molar-refractivity contribution in [2.24, 2.45) is 0 Å². The van der Waals surface area contributed by atoms with Crippen LogP contribution in [0.2, 0.25) is 5.02 Å². The van der Waals surface area contributed by atoms with E-state index < -0.39 is 5.60 Å². The molecule has 1 aliphatic carbocycles. The molecule has 1 aromatic heterocycles. The minimum absolute atomic E-state index is 0.531. The molecule has 0 aliphatic heterocycles. The van der Waals surface area contributed by atoms with E-state index >= 15 is 0 Å². The van der Waals surface area contributed by atoms with Crippen molar-refractivity contribution in [2.45, 2.75) is 24.9 Å². The van der Waals surface area contributed by atoms with Gasteiger partial charge in [0.1, 0.15) is 5.82 Å². The van der Waals surface area contributed by atoms with Gasteiger partial charge in [-0.15, -0.1) is 0 Å². The quantitative estimate of drug-likeness (QED) is 0.806. The Morgan fingerprint density at radius 3 is 2.93 bits per heavy atom. The molecule has 14 heavy (non-hydrogen) atoms. The second-order valence-corrected chi connectivity index (χ2v) is 4.17. The van der Waals surface area contributed by atoms with Gasteiger partial charge in [-0.05, 0) is 31.4 Å². The Morgan fingerprint density at radius 1 is 1.57 bits per heavy atom. The Balaban J connectivity index is 1.95.